The Bertz CT molecular complexity index is 888. The third kappa shape index (κ3) is 3.57. The van der Waals surface area contributed by atoms with Gasteiger partial charge in [0, 0.05) is 24.0 Å². The van der Waals surface area contributed by atoms with Crippen molar-refractivity contribution < 1.29 is 9.90 Å². The number of carbonyl (C=O) groups is 1. The number of thiophene rings is 1. The summed E-state index contributed by atoms with van der Waals surface area (Å²) in [5.74, 6) is 0.470. The number of hydrogen-bond donors (Lipinski definition) is 2. The maximum atomic E-state index is 12.8. The number of hydrogen-bond acceptors (Lipinski definition) is 4. The first-order valence-electron chi connectivity index (χ1n) is 8.79. The number of aromatic amines is 1. The average Bonchev–Trinajstić information content (AvgIpc) is 3.41. The maximum absolute atomic E-state index is 12.8. The van der Waals surface area contributed by atoms with E-state index < -0.39 is 0 Å². The van der Waals surface area contributed by atoms with E-state index in [4.69, 9.17) is 0 Å². The molecule has 2 aromatic heterocycles. The molecule has 1 fully saturated rings. The highest BCUT2D eigenvalue weighted by molar-refractivity contribution is 7.08. The number of nitrogens with one attached hydrogen (secondary N) is 1. The van der Waals surface area contributed by atoms with E-state index in [0.717, 1.165) is 42.8 Å². The second-order valence-corrected chi connectivity index (χ2v) is 7.55. The van der Waals surface area contributed by atoms with Crippen LogP contribution in [0.4, 0.5) is 0 Å². The van der Waals surface area contributed by atoms with Gasteiger partial charge in [0.05, 0.1) is 12.3 Å². The van der Waals surface area contributed by atoms with E-state index in [1.54, 1.807) is 11.3 Å². The molecule has 3 aromatic rings. The SMILES string of the molecule is O=C(c1cc(-c2ccsc2)n[nH]1)N1CC[C@@H](Cc2cccc(CO)c2)C1. The van der Waals surface area contributed by atoms with Crippen LogP contribution in [0.3, 0.4) is 0 Å². The molecule has 0 aliphatic carbocycles. The van der Waals surface area contributed by atoms with Crippen molar-refractivity contribution in [2.24, 2.45) is 5.92 Å². The van der Waals surface area contributed by atoms with E-state index in [1.165, 1.54) is 5.56 Å². The molecule has 1 amide bonds. The molecule has 1 aliphatic rings. The highest BCUT2D eigenvalue weighted by Gasteiger charge is 2.28. The molecule has 0 saturated carbocycles. The maximum Gasteiger partial charge on any atom is 0.271 e. The molecule has 0 unspecified atom stereocenters. The number of aromatic nitrogens is 2. The highest BCUT2D eigenvalue weighted by atomic mass is 32.1. The normalized spacial score (nSPS) is 17.0. The predicted molar refractivity (Wildman–Crippen MR) is 102 cm³/mol. The van der Waals surface area contributed by atoms with Crippen molar-refractivity contribution in [3.63, 3.8) is 0 Å². The van der Waals surface area contributed by atoms with Gasteiger partial charge in [0.25, 0.3) is 5.91 Å². The van der Waals surface area contributed by atoms with Gasteiger partial charge in [0.15, 0.2) is 0 Å². The van der Waals surface area contributed by atoms with Gasteiger partial charge in [-0.05, 0) is 47.4 Å². The lowest BCUT2D eigenvalue weighted by Gasteiger charge is -2.15. The highest BCUT2D eigenvalue weighted by Crippen LogP contribution is 2.25. The number of nitrogens with zero attached hydrogens (tertiary/aromatic N) is 2. The number of H-pyrrole nitrogens is 1. The molecular formula is C20H21N3O2S. The molecule has 0 radical (unpaired) electrons. The minimum Gasteiger partial charge on any atom is -0.392 e. The summed E-state index contributed by atoms with van der Waals surface area (Å²) in [6.45, 7) is 1.60. The molecular weight excluding hydrogens is 346 g/mol. The molecule has 2 N–H and O–H groups in total. The molecule has 6 heteroatoms. The van der Waals surface area contributed by atoms with Gasteiger partial charge in [-0.2, -0.15) is 16.4 Å². The van der Waals surface area contributed by atoms with Crippen molar-refractivity contribution in [3.8, 4) is 11.3 Å². The molecule has 5 nitrogen and oxygen atoms in total. The molecule has 0 bridgehead atoms. The Balaban J connectivity index is 1.39. The number of benzene rings is 1. The Kier molecular flexibility index (Phi) is 4.86. The molecule has 26 heavy (non-hydrogen) atoms. The fourth-order valence-electron chi connectivity index (χ4n) is 3.53. The lowest BCUT2D eigenvalue weighted by Crippen LogP contribution is -2.29. The smallest absolute Gasteiger partial charge is 0.271 e. The Labute approximate surface area is 156 Å². The second kappa shape index (κ2) is 7.43. The third-order valence-electron chi connectivity index (χ3n) is 4.90. The first-order valence-corrected chi connectivity index (χ1v) is 9.73. The van der Waals surface area contributed by atoms with Crippen LogP contribution in [0.15, 0.2) is 47.2 Å². The third-order valence-corrected chi connectivity index (χ3v) is 5.58. The summed E-state index contributed by atoms with van der Waals surface area (Å²) in [6.07, 6.45) is 1.93. The summed E-state index contributed by atoms with van der Waals surface area (Å²) >= 11 is 1.62. The van der Waals surface area contributed by atoms with E-state index in [0.29, 0.717) is 11.6 Å². The summed E-state index contributed by atoms with van der Waals surface area (Å²) in [5.41, 5.74) is 4.55. The van der Waals surface area contributed by atoms with E-state index in [1.807, 2.05) is 46.0 Å². The van der Waals surface area contributed by atoms with E-state index in [-0.39, 0.29) is 12.5 Å². The number of aliphatic hydroxyl groups is 1. The number of carbonyl (C=O) groups excluding carboxylic acids is 1. The van der Waals surface area contributed by atoms with Crippen molar-refractivity contribution in [1.29, 1.82) is 0 Å². The zero-order valence-electron chi connectivity index (χ0n) is 14.4. The first-order chi connectivity index (χ1) is 12.7. The zero-order chi connectivity index (χ0) is 17.9. The van der Waals surface area contributed by atoms with Crippen molar-refractivity contribution in [1.82, 2.24) is 15.1 Å². The fourth-order valence-corrected chi connectivity index (χ4v) is 4.18. The van der Waals surface area contributed by atoms with Crippen LogP contribution in [0.5, 0.6) is 0 Å². The van der Waals surface area contributed by atoms with Gasteiger partial charge in [-0.25, -0.2) is 0 Å². The van der Waals surface area contributed by atoms with Crippen molar-refractivity contribution in [2.45, 2.75) is 19.4 Å². The van der Waals surface area contributed by atoms with Crippen LogP contribution in [0.25, 0.3) is 11.3 Å². The number of rotatable bonds is 5. The monoisotopic (exact) mass is 367 g/mol. The van der Waals surface area contributed by atoms with Crippen molar-refractivity contribution in [3.05, 3.63) is 64.0 Å². The topological polar surface area (TPSA) is 69.2 Å². The molecule has 0 spiro atoms. The average molecular weight is 367 g/mol. The van der Waals surface area contributed by atoms with Crippen molar-refractivity contribution >= 4 is 17.2 Å². The summed E-state index contributed by atoms with van der Waals surface area (Å²) in [4.78, 5) is 14.7. The summed E-state index contributed by atoms with van der Waals surface area (Å²) in [5, 5.41) is 20.5. The number of aliphatic hydroxyl groups excluding tert-OH is 1. The van der Waals surface area contributed by atoms with Crippen molar-refractivity contribution in [2.75, 3.05) is 13.1 Å². The molecule has 1 atom stereocenters. The number of likely N-dealkylation sites (tertiary alicyclic amines) is 1. The molecule has 4 rings (SSSR count). The van der Waals surface area contributed by atoms with E-state index in [9.17, 15) is 9.90 Å². The van der Waals surface area contributed by atoms with Gasteiger partial charge in [0.2, 0.25) is 0 Å². The molecule has 1 aliphatic heterocycles. The Morgan fingerprint density at radius 2 is 2.19 bits per heavy atom. The summed E-state index contributed by atoms with van der Waals surface area (Å²) < 4.78 is 0. The Morgan fingerprint density at radius 1 is 1.31 bits per heavy atom. The van der Waals surface area contributed by atoms with E-state index >= 15 is 0 Å². The van der Waals surface area contributed by atoms with E-state index in [2.05, 4.69) is 16.3 Å². The Hall–Kier alpha value is -2.44. The lowest BCUT2D eigenvalue weighted by molar-refractivity contribution is 0.0781. The minimum atomic E-state index is 0.0191. The molecule has 1 saturated heterocycles. The largest absolute Gasteiger partial charge is 0.392 e. The van der Waals surface area contributed by atoms with Crippen LogP contribution in [0, 0.1) is 5.92 Å². The first kappa shape index (κ1) is 17.0. The van der Waals surface area contributed by atoms with Crippen LogP contribution in [0.1, 0.15) is 28.0 Å². The van der Waals surface area contributed by atoms with Crippen LogP contribution in [-0.2, 0) is 13.0 Å². The number of amides is 1. The minimum absolute atomic E-state index is 0.0191. The quantitative estimate of drug-likeness (QED) is 0.727. The Morgan fingerprint density at radius 3 is 3.00 bits per heavy atom. The summed E-state index contributed by atoms with van der Waals surface area (Å²) in [7, 11) is 0. The summed E-state index contributed by atoms with van der Waals surface area (Å²) in [6, 6.07) is 11.9. The van der Waals surface area contributed by atoms with Crippen LogP contribution < -0.4 is 0 Å². The van der Waals surface area contributed by atoms with Gasteiger partial charge in [-0.1, -0.05) is 24.3 Å². The van der Waals surface area contributed by atoms with Crippen LogP contribution >= 0.6 is 11.3 Å². The van der Waals surface area contributed by atoms with Crippen LogP contribution in [-0.4, -0.2) is 39.2 Å². The fraction of sp³-hybridized carbons (Fsp3) is 0.300. The molecule has 134 valence electrons. The molecule has 3 heterocycles. The van der Waals surface area contributed by atoms with Crippen LogP contribution in [0.2, 0.25) is 0 Å². The molecule has 1 aromatic carbocycles. The van der Waals surface area contributed by atoms with Gasteiger partial charge >= 0.3 is 0 Å². The van der Waals surface area contributed by atoms with Gasteiger partial charge < -0.3 is 10.0 Å². The lowest BCUT2D eigenvalue weighted by atomic mass is 9.97. The van der Waals surface area contributed by atoms with Gasteiger partial charge in [-0.3, -0.25) is 9.89 Å². The second-order valence-electron chi connectivity index (χ2n) is 6.77. The predicted octanol–water partition coefficient (Wildman–Crippen LogP) is 3.34. The van der Waals surface area contributed by atoms with Gasteiger partial charge in [0.1, 0.15) is 5.69 Å². The standard InChI is InChI=1S/C20H21N3O2S/c24-12-16-3-1-2-14(9-16)8-15-4-6-23(11-15)20(25)19-10-18(21-22-19)17-5-7-26-13-17/h1-3,5,7,9-10,13,15,24H,4,6,8,11-12H2,(H,21,22)/t15-/m0/s1. The zero-order valence-corrected chi connectivity index (χ0v) is 15.2. The van der Waals surface area contributed by atoms with Gasteiger partial charge in [-0.15, -0.1) is 0 Å².